The van der Waals surface area contributed by atoms with Crippen LogP contribution in [0.2, 0.25) is 0 Å². The Hall–Kier alpha value is -0.260. The minimum absolute atomic E-state index is 0.462. The Morgan fingerprint density at radius 1 is 1.10 bits per heavy atom. The first-order valence-corrected chi connectivity index (χ1v) is 9.55. The van der Waals surface area contributed by atoms with Crippen LogP contribution in [0.4, 0.5) is 0 Å². The Balaban J connectivity index is 2.24. The molecule has 5 heteroatoms. The molecule has 0 saturated carbocycles. The van der Waals surface area contributed by atoms with E-state index in [0.29, 0.717) is 10.5 Å². The molecule has 1 aliphatic heterocycles. The summed E-state index contributed by atoms with van der Waals surface area (Å²) in [4.78, 5) is 9.65. The smallest absolute Gasteiger partial charge is 0.142 e. The lowest BCUT2D eigenvalue weighted by Gasteiger charge is -2.29. The fourth-order valence-electron chi connectivity index (χ4n) is 2.54. The van der Waals surface area contributed by atoms with Gasteiger partial charge in [0.25, 0.3) is 0 Å². The van der Waals surface area contributed by atoms with Crippen LogP contribution in [0.1, 0.15) is 48.3 Å². The van der Waals surface area contributed by atoms with Crippen LogP contribution in [0, 0.1) is 13.8 Å². The van der Waals surface area contributed by atoms with Crippen molar-refractivity contribution >= 4 is 23.5 Å². The van der Waals surface area contributed by atoms with Crippen LogP contribution in [-0.2, 0) is 6.54 Å². The summed E-state index contributed by atoms with van der Waals surface area (Å²) in [5, 5.41) is 4.50. The Morgan fingerprint density at radius 3 is 2.35 bits per heavy atom. The minimum atomic E-state index is 0.462. The average Bonchev–Trinajstić information content (AvgIpc) is 2.46. The molecule has 3 nitrogen and oxygen atoms in total. The Bertz CT molecular complexity index is 428. The first-order valence-electron chi connectivity index (χ1n) is 7.45. The average molecular weight is 312 g/mol. The van der Waals surface area contributed by atoms with E-state index in [9.17, 15) is 0 Å². The number of aromatic nitrogens is 2. The van der Waals surface area contributed by atoms with Gasteiger partial charge in [0.05, 0.1) is 5.25 Å². The molecule has 0 aromatic carbocycles. The predicted octanol–water partition coefficient (Wildman–Crippen LogP) is 3.50. The molecule has 1 aromatic rings. The molecular weight excluding hydrogens is 286 g/mol. The fraction of sp³-hybridized carbons (Fsp3) is 0.733. The Morgan fingerprint density at radius 2 is 1.75 bits per heavy atom. The molecule has 0 spiro atoms. The van der Waals surface area contributed by atoms with Gasteiger partial charge in [-0.2, -0.15) is 11.8 Å². The van der Waals surface area contributed by atoms with Gasteiger partial charge in [-0.3, -0.25) is 0 Å². The molecule has 20 heavy (non-hydrogen) atoms. The molecule has 2 rings (SSSR count). The van der Waals surface area contributed by atoms with Gasteiger partial charge in [-0.1, -0.05) is 13.8 Å². The third kappa shape index (κ3) is 3.68. The molecule has 2 unspecified atom stereocenters. The minimum Gasteiger partial charge on any atom is -0.313 e. The summed E-state index contributed by atoms with van der Waals surface area (Å²) < 4.78 is 0. The second-order valence-corrected chi connectivity index (χ2v) is 7.72. The summed E-state index contributed by atoms with van der Waals surface area (Å²) >= 11 is 4.11. The van der Waals surface area contributed by atoms with E-state index in [-0.39, 0.29) is 0 Å². The third-order valence-corrected chi connectivity index (χ3v) is 6.94. The summed E-state index contributed by atoms with van der Waals surface area (Å²) in [6, 6.07) is 0. The number of nitrogens with one attached hydrogen (secondary N) is 1. The number of hydrogen-bond donors (Lipinski definition) is 1. The second-order valence-electron chi connectivity index (χ2n) is 5.12. The lowest BCUT2D eigenvalue weighted by molar-refractivity contribution is 0.693. The van der Waals surface area contributed by atoms with Crippen molar-refractivity contribution < 1.29 is 0 Å². The van der Waals surface area contributed by atoms with E-state index in [1.165, 1.54) is 23.5 Å². The van der Waals surface area contributed by atoms with Crippen molar-refractivity contribution in [3.05, 3.63) is 22.8 Å². The lowest BCUT2D eigenvalue weighted by atomic mass is 10.1. The van der Waals surface area contributed by atoms with Crippen molar-refractivity contribution in [1.82, 2.24) is 15.3 Å². The molecule has 0 bridgehead atoms. The van der Waals surface area contributed by atoms with Crippen molar-refractivity contribution in [1.29, 1.82) is 0 Å². The summed E-state index contributed by atoms with van der Waals surface area (Å²) in [5.41, 5.74) is 3.54. The molecule has 1 N–H and O–H groups in total. The monoisotopic (exact) mass is 311 g/mol. The predicted molar refractivity (Wildman–Crippen MR) is 90.6 cm³/mol. The van der Waals surface area contributed by atoms with Gasteiger partial charge >= 0.3 is 0 Å². The molecule has 1 aromatic heterocycles. The largest absolute Gasteiger partial charge is 0.313 e. The zero-order chi connectivity index (χ0) is 14.5. The van der Waals surface area contributed by atoms with E-state index in [0.717, 1.165) is 30.3 Å². The van der Waals surface area contributed by atoms with Gasteiger partial charge < -0.3 is 5.32 Å². The normalized spacial score (nSPS) is 23.0. The van der Waals surface area contributed by atoms with Crippen molar-refractivity contribution in [3.8, 4) is 0 Å². The molecule has 1 aliphatic rings. The molecule has 112 valence electrons. The highest BCUT2D eigenvalue weighted by Crippen LogP contribution is 2.42. The Kier molecular flexibility index (Phi) is 6.18. The van der Waals surface area contributed by atoms with Crippen LogP contribution in [0.3, 0.4) is 0 Å². The van der Waals surface area contributed by atoms with Crippen molar-refractivity contribution in [2.45, 2.75) is 51.2 Å². The zero-order valence-electron chi connectivity index (χ0n) is 12.9. The number of rotatable bonds is 5. The first kappa shape index (κ1) is 16.1. The Labute approximate surface area is 131 Å². The van der Waals surface area contributed by atoms with E-state index < -0.39 is 0 Å². The van der Waals surface area contributed by atoms with E-state index in [2.05, 4.69) is 44.8 Å². The lowest BCUT2D eigenvalue weighted by Crippen LogP contribution is -2.22. The standard InChI is InChI=1S/C15H25N3S2/c1-5-13-14(20-8-7-19-13)15-17-10(3)12(9-16-6-2)11(4)18-15/h13-14,16H,5-9H2,1-4H3. The van der Waals surface area contributed by atoms with Gasteiger partial charge in [-0.05, 0) is 26.8 Å². The van der Waals surface area contributed by atoms with E-state index in [1.807, 2.05) is 11.8 Å². The molecule has 0 amide bonds. The molecule has 0 radical (unpaired) electrons. The van der Waals surface area contributed by atoms with Crippen molar-refractivity contribution in [2.24, 2.45) is 0 Å². The van der Waals surface area contributed by atoms with Crippen LogP contribution in [0.15, 0.2) is 0 Å². The van der Waals surface area contributed by atoms with Gasteiger partial charge in [0.2, 0.25) is 0 Å². The van der Waals surface area contributed by atoms with Gasteiger partial charge in [0.15, 0.2) is 0 Å². The third-order valence-electron chi connectivity index (χ3n) is 3.70. The van der Waals surface area contributed by atoms with Crippen LogP contribution in [0.5, 0.6) is 0 Å². The topological polar surface area (TPSA) is 37.8 Å². The highest BCUT2D eigenvalue weighted by molar-refractivity contribution is 8.06. The quantitative estimate of drug-likeness (QED) is 0.901. The van der Waals surface area contributed by atoms with Crippen LogP contribution < -0.4 is 5.32 Å². The molecule has 1 fully saturated rings. The van der Waals surface area contributed by atoms with Gasteiger partial charge in [0, 0.05) is 40.3 Å². The van der Waals surface area contributed by atoms with Crippen LogP contribution in [0.25, 0.3) is 0 Å². The number of nitrogens with zero attached hydrogens (tertiary/aromatic N) is 2. The van der Waals surface area contributed by atoms with Crippen LogP contribution in [-0.4, -0.2) is 33.3 Å². The fourth-order valence-corrected chi connectivity index (χ4v) is 5.53. The SMILES string of the molecule is CCNCc1c(C)nc(C2SCCSC2CC)nc1C. The highest BCUT2D eigenvalue weighted by atomic mass is 32.2. The van der Waals surface area contributed by atoms with Gasteiger partial charge in [-0.15, -0.1) is 11.8 Å². The van der Waals surface area contributed by atoms with Crippen molar-refractivity contribution in [2.75, 3.05) is 18.1 Å². The second kappa shape index (κ2) is 7.66. The summed E-state index contributed by atoms with van der Waals surface area (Å²) in [7, 11) is 0. The number of aryl methyl sites for hydroxylation is 2. The summed E-state index contributed by atoms with van der Waals surface area (Å²) in [5.74, 6) is 3.52. The maximum absolute atomic E-state index is 4.82. The molecule has 1 saturated heterocycles. The first-order chi connectivity index (χ1) is 9.67. The molecule has 0 aliphatic carbocycles. The zero-order valence-corrected chi connectivity index (χ0v) is 14.5. The maximum Gasteiger partial charge on any atom is 0.142 e. The summed E-state index contributed by atoms with van der Waals surface area (Å²) in [6.45, 7) is 10.5. The summed E-state index contributed by atoms with van der Waals surface area (Å²) in [6.07, 6.45) is 1.20. The van der Waals surface area contributed by atoms with Crippen LogP contribution >= 0.6 is 23.5 Å². The molecular formula is C15H25N3S2. The van der Waals surface area contributed by atoms with E-state index >= 15 is 0 Å². The maximum atomic E-state index is 4.82. The van der Waals surface area contributed by atoms with Gasteiger partial charge in [0.1, 0.15) is 5.82 Å². The number of thioether (sulfide) groups is 2. The van der Waals surface area contributed by atoms with E-state index in [1.54, 1.807) is 0 Å². The van der Waals surface area contributed by atoms with Crippen molar-refractivity contribution in [3.63, 3.8) is 0 Å². The molecule has 2 atom stereocenters. The highest BCUT2D eigenvalue weighted by Gasteiger charge is 2.29. The van der Waals surface area contributed by atoms with E-state index in [4.69, 9.17) is 9.97 Å². The van der Waals surface area contributed by atoms with Gasteiger partial charge in [-0.25, -0.2) is 9.97 Å². The molecule has 2 heterocycles. The number of hydrogen-bond acceptors (Lipinski definition) is 5.